The average molecular weight is 398 g/mol. The number of halogens is 14. The van der Waals surface area contributed by atoms with E-state index >= 15 is 0 Å². The van der Waals surface area contributed by atoms with Crippen LogP contribution in [0.15, 0.2) is 12.1 Å². The third-order valence-corrected chi connectivity index (χ3v) is 1.54. The van der Waals surface area contributed by atoms with Gasteiger partial charge in [-0.15, -0.1) is 13.2 Å². The molecule has 0 spiro atoms. The summed E-state index contributed by atoms with van der Waals surface area (Å²) in [6.07, 6.45) is -38.2. The Morgan fingerprint density at radius 2 is 0.833 bits per heavy atom. The summed E-state index contributed by atoms with van der Waals surface area (Å²) in [4.78, 5) is 0. The minimum absolute atomic E-state index is 1.44. The molecule has 3 nitrogen and oxygen atoms in total. The van der Waals surface area contributed by atoms with Crippen molar-refractivity contribution in [2.45, 2.75) is 30.8 Å². The normalized spacial score (nSPS) is 14.6. The van der Waals surface area contributed by atoms with Gasteiger partial charge in [-0.3, -0.25) is 0 Å². The standard InChI is InChI=1S/C7F14O3/c8-1(9)2(10)22-3(11,12)4(13,14)23-5(15,16)6(17,18)24-7(19,20)21. The molecule has 0 N–H and O–H groups in total. The second-order valence-electron chi connectivity index (χ2n) is 3.35. The average Bonchev–Trinajstić information content (AvgIpc) is 2.22. The van der Waals surface area contributed by atoms with Crippen LogP contribution in [0.5, 0.6) is 0 Å². The molecule has 0 bridgehead atoms. The fourth-order valence-corrected chi connectivity index (χ4v) is 0.695. The molecular formula is C7F14O3. The van der Waals surface area contributed by atoms with Crippen LogP contribution in [0.4, 0.5) is 61.5 Å². The molecule has 0 unspecified atom stereocenters. The maximum Gasteiger partial charge on any atom is 0.527 e. The van der Waals surface area contributed by atoms with Crippen molar-refractivity contribution in [2.24, 2.45) is 0 Å². The predicted molar refractivity (Wildman–Crippen MR) is 39.4 cm³/mol. The zero-order valence-corrected chi connectivity index (χ0v) is 10.0. The molecule has 0 aromatic carbocycles. The highest BCUT2D eigenvalue weighted by Crippen LogP contribution is 2.48. The molecular weight excluding hydrogens is 398 g/mol. The lowest BCUT2D eigenvalue weighted by molar-refractivity contribution is -0.553. The maximum absolute atomic E-state index is 12.6. The van der Waals surface area contributed by atoms with Crippen LogP contribution in [0.2, 0.25) is 0 Å². The molecule has 0 aliphatic rings. The van der Waals surface area contributed by atoms with Gasteiger partial charge in [-0.2, -0.15) is 48.3 Å². The lowest BCUT2D eigenvalue weighted by Gasteiger charge is -2.31. The SMILES string of the molecule is FC(F)=C(F)OC(F)(F)C(F)(F)OC(F)(F)C(F)(F)OC(F)(F)F. The van der Waals surface area contributed by atoms with E-state index in [0.717, 1.165) is 0 Å². The van der Waals surface area contributed by atoms with E-state index in [1.165, 1.54) is 9.47 Å². The summed E-state index contributed by atoms with van der Waals surface area (Å²) in [6.45, 7) is 0. The predicted octanol–water partition coefficient (Wildman–Crippen LogP) is 4.96. The zero-order valence-electron chi connectivity index (χ0n) is 10.0. The van der Waals surface area contributed by atoms with Gasteiger partial charge in [0, 0.05) is 0 Å². The third kappa shape index (κ3) is 5.53. The molecule has 0 rings (SSSR count). The van der Waals surface area contributed by atoms with Crippen molar-refractivity contribution >= 4 is 0 Å². The van der Waals surface area contributed by atoms with E-state index in [2.05, 4.69) is 0 Å². The van der Waals surface area contributed by atoms with E-state index in [0.29, 0.717) is 0 Å². The van der Waals surface area contributed by atoms with Crippen LogP contribution in [0, 0.1) is 0 Å². The lowest BCUT2D eigenvalue weighted by atomic mass is 10.5. The molecule has 0 aromatic heterocycles. The van der Waals surface area contributed by atoms with Crippen molar-refractivity contribution in [1.29, 1.82) is 0 Å². The van der Waals surface area contributed by atoms with E-state index in [-0.39, 0.29) is 0 Å². The molecule has 0 heterocycles. The van der Waals surface area contributed by atoms with Gasteiger partial charge < -0.3 is 4.74 Å². The van der Waals surface area contributed by atoms with Crippen molar-refractivity contribution in [3.63, 3.8) is 0 Å². The van der Waals surface area contributed by atoms with E-state index in [1.807, 2.05) is 4.74 Å². The van der Waals surface area contributed by atoms with Gasteiger partial charge in [0.1, 0.15) is 0 Å². The minimum Gasteiger partial charge on any atom is -0.396 e. The first-order valence-corrected chi connectivity index (χ1v) is 4.62. The Bertz CT molecular complexity index is 475. The van der Waals surface area contributed by atoms with E-state index in [4.69, 9.17) is 0 Å². The van der Waals surface area contributed by atoms with Crippen molar-refractivity contribution in [1.82, 2.24) is 0 Å². The Labute approximate surface area is 120 Å². The van der Waals surface area contributed by atoms with Gasteiger partial charge in [-0.05, 0) is 0 Å². The number of hydrogen-bond donors (Lipinski definition) is 0. The van der Waals surface area contributed by atoms with E-state index < -0.39 is 42.9 Å². The number of alkyl halides is 11. The molecule has 0 aromatic rings. The first-order chi connectivity index (χ1) is 10.2. The molecule has 0 aliphatic heterocycles. The van der Waals surface area contributed by atoms with E-state index in [1.54, 1.807) is 0 Å². The van der Waals surface area contributed by atoms with Gasteiger partial charge in [0.05, 0.1) is 0 Å². The van der Waals surface area contributed by atoms with Crippen LogP contribution in [0.25, 0.3) is 0 Å². The third-order valence-electron chi connectivity index (χ3n) is 1.54. The summed E-state index contributed by atoms with van der Waals surface area (Å²) < 4.78 is 174. The van der Waals surface area contributed by atoms with Crippen molar-refractivity contribution in [3.05, 3.63) is 12.1 Å². The fraction of sp³-hybridized carbons (Fsp3) is 0.714. The van der Waals surface area contributed by atoms with Gasteiger partial charge in [-0.1, -0.05) is 0 Å². The number of rotatable bonds is 7. The summed E-state index contributed by atoms with van der Waals surface area (Å²) in [5, 5.41) is 0. The van der Waals surface area contributed by atoms with Crippen LogP contribution in [-0.2, 0) is 14.2 Å². The Hall–Kier alpha value is -1.52. The highest BCUT2D eigenvalue weighted by molar-refractivity contribution is 4.85. The molecule has 17 heteroatoms. The molecule has 0 radical (unpaired) electrons. The molecule has 24 heavy (non-hydrogen) atoms. The second-order valence-corrected chi connectivity index (χ2v) is 3.35. The van der Waals surface area contributed by atoms with Gasteiger partial charge in [0.25, 0.3) is 0 Å². The Morgan fingerprint density at radius 3 is 1.17 bits per heavy atom. The molecule has 0 saturated carbocycles. The summed E-state index contributed by atoms with van der Waals surface area (Å²) in [5.41, 5.74) is 0. The summed E-state index contributed by atoms with van der Waals surface area (Å²) in [5.74, 6) is 0. The first-order valence-electron chi connectivity index (χ1n) is 4.62. The van der Waals surface area contributed by atoms with Gasteiger partial charge in [-0.25, -0.2) is 9.47 Å². The summed E-state index contributed by atoms with van der Waals surface area (Å²) in [6, 6.07) is -3.73. The van der Waals surface area contributed by atoms with Gasteiger partial charge in [0.2, 0.25) is 0 Å². The maximum atomic E-state index is 12.6. The van der Waals surface area contributed by atoms with Crippen molar-refractivity contribution in [3.8, 4) is 0 Å². The molecule has 144 valence electrons. The van der Waals surface area contributed by atoms with Crippen LogP contribution in [-0.4, -0.2) is 30.8 Å². The van der Waals surface area contributed by atoms with Crippen LogP contribution < -0.4 is 0 Å². The quantitative estimate of drug-likeness (QED) is 0.448. The van der Waals surface area contributed by atoms with Crippen molar-refractivity contribution in [2.75, 3.05) is 0 Å². The Kier molecular flexibility index (Phi) is 6.01. The Morgan fingerprint density at radius 1 is 0.500 bits per heavy atom. The molecule has 0 fully saturated rings. The van der Waals surface area contributed by atoms with Crippen LogP contribution >= 0.6 is 0 Å². The topological polar surface area (TPSA) is 27.7 Å². The highest BCUT2D eigenvalue weighted by Gasteiger charge is 2.73. The zero-order chi connectivity index (χ0) is 19.8. The largest absolute Gasteiger partial charge is 0.527 e. The Balaban J connectivity index is 5.49. The van der Waals surface area contributed by atoms with Gasteiger partial charge >= 0.3 is 42.9 Å². The summed E-state index contributed by atoms with van der Waals surface area (Å²) >= 11 is 0. The number of ether oxygens (including phenoxy) is 3. The summed E-state index contributed by atoms with van der Waals surface area (Å²) in [7, 11) is 0. The first kappa shape index (κ1) is 22.5. The van der Waals surface area contributed by atoms with Crippen LogP contribution in [0.1, 0.15) is 0 Å². The van der Waals surface area contributed by atoms with Crippen molar-refractivity contribution < 1.29 is 75.7 Å². The van der Waals surface area contributed by atoms with E-state index in [9.17, 15) is 61.5 Å². The van der Waals surface area contributed by atoms with Crippen LogP contribution in [0.3, 0.4) is 0 Å². The second kappa shape index (κ2) is 6.41. The molecule has 0 amide bonds. The molecule has 0 saturated heterocycles. The minimum atomic E-state index is -7.09. The number of hydrogen-bond acceptors (Lipinski definition) is 3. The smallest absolute Gasteiger partial charge is 0.396 e. The monoisotopic (exact) mass is 398 g/mol. The lowest BCUT2D eigenvalue weighted by Crippen LogP contribution is -2.55. The van der Waals surface area contributed by atoms with Gasteiger partial charge in [0.15, 0.2) is 0 Å². The highest BCUT2D eigenvalue weighted by atomic mass is 19.4. The fourth-order valence-electron chi connectivity index (χ4n) is 0.695. The molecule has 0 aliphatic carbocycles. The molecule has 0 atom stereocenters.